The van der Waals surface area contributed by atoms with Crippen LogP contribution in [0.1, 0.15) is 41.7 Å². The maximum atomic E-state index is 12.4. The molecule has 0 unspecified atom stereocenters. The molecule has 138 valence electrons. The van der Waals surface area contributed by atoms with E-state index in [1.54, 1.807) is 11.3 Å². The smallest absolute Gasteiger partial charge is 0.251 e. The van der Waals surface area contributed by atoms with Crippen LogP contribution in [0.2, 0.25) is 0 Å². The van der Waals surface area contributed by atoms with Gasteiger partial charge in [-0.2, -0.15) is 0 Å². The van der Waals surface area contributed by atoms with E-state index >= 15 is 0 Å². The molecular formula is C19H28N2O3S. The third-order valence-corrected chi connectivity index (χ3v) is 6.53. The lowest BCUT2D eigenvalue weighted by molar-refractivity contribution is -0.143. The first-order chi connectivity index (χ1) is 12.1. The molecule has 2 aliphatic heterocycles. The SMILES string of the molecule is Cc1scc(CCNC(=O)C2CCN(C(=O)[C@@H]3CCCO3)CC2)c1C. The second-order valence-corrected chi connectivity index (χ2v) is 8.17. The molecule has 2 aliphatic rings. The molecule has 5 nitrogen and oxygen atoms in total. The van der Waals surface area contributed by atoms with Crippen molar-refractivity contribution in [1.29, 1.82) is 0 Å². The molecule has 2 fully saturated rings. The van der Waals surface area contributed by atoms with E-state index in [0.29, 0.717) is 26.2 Å². The first-order valence-corrected chi connectivity index (χ1v) is 10.2. The van der Waals surface area contributed by atoms with Crippen molar-refractivity contribution in [3.63, 3.8) is 0 Å². The van der Waals surface area contributed by atoms with E-state index in [4.69, 9.17) is 4.74 Å². The molecule has 0 aliphatic carbocycles. The fourth-order valence-corrected chi connectivity index (χ4v) is 4.53. The second-order valence-electron chi connectivity index (χ2n) is 7.08. The number of carbonyl (C=O) groups is 2. The van der Waals surface area contributed by atoms with Gasteiger partial charge in [-0.1, -0.05) is 0 Å². The lowest BCUT2D eigenvalue weighted by atomic mass is 9.95. The lowest BCUT2D eigenvalue weighted by Gasteiger charge is -2.32. The largest absolute Gasteiger partial charge is 0.368 e. The standard InChI is InChI=1S/C19H28N2O3S/c1-13-14(2)25-12-16(13)5-8-20-18(22)15-6-9-21(10-7-15)19(23)17-4-3-11-24-17/h12,15,17H,3-11H2,1-2H3,(H,20,22)/t17-/m0/s1. The Kier molecular flexibility index (Phi) is 6.12. The predicted molar refractivity (Wildman–Crippen MR) is 98.8 cm³/mol. The summed E-state index contributed by atoms with van der Waals surface area (Å²) in [7, 11) is 0. The highest BCUT2D eigenvalue weighted by molar-refractivity contribution is 7.10. The summed E-state index contributed by atoms with van der Waals surface area (Å²) in [5, 5.41) is 5.26. The van der Waals surface area contributed by atoms with Gasteiger partial charge in [0, 0.05) is 37.0 Å². The molecule has 6 heteroatoms. The number of hydrogen-bond acceptors (Lipinski definition) is 4. The van der Waals surface area contributed by atoms with Gasteiger partial charge in [0.2, 0.25) is 5.91 Å². The summed E-state index contributed by atoms with van der Waals surface area (Å²) >= 11 is 1.77. The van der Waals surface area contributed by atoms with Gasteiger partial charge in [-0.3, -0.25) is 9.59 Å². The third-order valence-electron chi connectivity index (χ3n) is 5.46. The zero-order chi connectivity index (χ0) is 17.8. The topological polar surface area (TPSA) is 58.6 Å². The molecule has 1 N–H and O–H groups in total. The fraction of sp³-hybridized carbons (Fsp3) is 0.684. The average molecular weight is 365 g/mol. The van der Waals surface area contributed by atoms with Gasteiger partial charge in [-0.15, -0.1) is 11.3 Å². The number of piperidine rings is 1. The zero-order valence-corrected chi connectivity index (χ0v) is 16.0. The summed E-state index contributed by atoms with van der Waals surface area (Å²) in [6.45, 7) is 6.99. The monoisotopic (exact) mass is 364 g/mol. The van der Waals surface area contributed by atoms with E-state index in [0.717, 1.165) is 32.1 Å². The first-order valence-electron chi connectivity index (χ1n) is 9.28. The van der Waals surface area contributed by atoms with Gasteiger partial charge >= 0.3 is 0 Å². The highest BCUT2D eigenvalue weighted by Gasteiger charge is 2.32. The molecule has 3 heterocycles. The van der Waals surface area contributed by atoms with Crippen LogP contribution >= 0.6 is 11.3 Å². The van der Waals surface area contributed by atoms with Gasteiger partial charge in [0.25, 0.3) is 5.91 Å². The lowest BCUT2D eigenvalue weighted by Crippen LogP contribution is -2.46. The van der Waals surface area contributed by atoms with Gasteiger partial charge in [0.15, 0.2) is 0 Å². The van der Waals surface area contributed by atoms with Crippen LogP contribution in [0, 0.1) is 19.8 Å². The minimum absolute atomic E-state index is 0.0267. The number of thiophene rings is 1. The molecule has 25 heavy (non-hydrogen) atoms. The Labute approximate surface area is 153 Å². The Balaban J connectivity index is 1.39. The van der Waals surface area contributed by atoms with Crippen molar-refractivity contribution < 1.29 is 14.3 Å². The molecule has 0 spiro atoms. The van der Waals surface area contributed by atoms with Crippen molar-refractivity contribution >= 4 is 23.2 Å². The van der Waals surface area contributed by atoms with Gasteiger partial charge in [0.05, 0.1) is 0 Å². The van der Waals surface area contributed by atoms with Crippen LogP contribution in [0.3, 0.4) is 0 Å². The van der Waals surface area contributed by atoms with Gasteiger partial charge < -0.3 is 15.0 Å². The fourth-order valence-electron chi connectivity index (χ4n) is 3.61. The summed E-state index contributed by atoms with van der Waals surface area (Å²) in [4.78, 5) is 27.9. The van der Waals surface area contributed by atoms with Crippen molar-refractivity contribution in [2.24, 2.45) is 5.92 Å². The normalized spacial score (nSPS) is 21.5. The van der Waals surface area contributed by atoms with Gasteiger partial charge in [0.1, 0.15) is 6.10 Å². The molecule has 0 radical (unpaired) electrons. The maximum absolute atomic E-state index is 12.4. The van der Waals surface area contributed by atoms with E-state index < -0.39 is 0 Å². The van der Waals surface area contributed by atoms with Crippen LogP contribution in [0.4, 0.5) is 0 Å². The molecule has 1 aromatic rings. The average Bonchev–Trinajstić information content (AvgIpc) is 3.27. The summed E-state index contributed by atoms with van der Waals surface area (Å²) in [5.41, 5.74) is 2.68. The predicted octanol–water partition coefficient (Wildman–Crippen LogP) is 2.44. The molecule has 0 aromatic carbocycles. The second kappa shape index (κ2) is 8.32. The number of nitrogens with zero attached hydrogens (tertiary/aromatic N) is 1. The van der Waals surface area contributed by atoms with Crippen molar-refractivity contribution in [3.05, 3.63) is 21.4 Å². The summed E-state index contributed by atoms with van der Waals surface area (Å²) in [6.07, 6.45) is 3.95. The highest BCUT2D eigenvalue weighted by atomic mass is 32.1. The van der Waals surface area contributed by atoms with E-state index in [9.17, 15) is 9.59 Å². The molecule has 0 saturated carbocycles. The minimum atomic E-state index is -0.248. The number of aryl methyl sites for hydroxylation is 1. The van der Waals surface area contributed by atoms with Crippen LogP contribution in [0.15, 0.2) is 5.38 Å². The summed E-state index contributed by atoms with van der Waals surface area (Å²) in [5.74, 6) is 0.271. The number of hydrogen-bond donors (Lipinski definition) is 1. The number of carbonyl (C=O) groups excluding carboxylic acids is 2. The Bertz CT molecular complexity index is 614. The number of likely N-dealkylation sites (tertiary alicyclic amines) is 1. The zero-order valence-electron chi connectivity index (χ0n) is 15.2. The van der Waals surface area contributed by atoms with Crippen molar-refractivity contribution in [2.45, 2.75) is 52.1 Å². The quantitative estimate of drug-likeness (QED) is 0.873. The Morgan fingerprint density at radius 1 is 1.28 bits per heavy atom. The molecular weight excluding hydrogens is 336 g/mol. The Hall–Kier alpha value is -1.40. The van der Waals surface area contributed by atoms with Gasteiger partial charge in [-0.05, 0) is 62.5 Å². The summed E-state index contributed by atoms with van der Waals surface area (Å²) in [6, 6.07) is 0. The highest BCUT2D eigenvalue weighted by Crippen LogP contribution is 2.22. The number of nitrogens with one attached hydrogen (secondary N) is 1. The van der Waals surface area contributed by atoms with Crippen molar-refractivity contribution in [1.82, 2.24) is 10.2 Å². The molecule has 1 atom stereocenters. The van der Waals surface area contributed by atoms with Crippen LogP contribution in [0.5, 0.6) is 0 Å². The van der Waals surface area contributed by atoms with Crippen LogP contribution < -0.4 is 5.32 Å². The van der Waals surface area contributed by atoms with E-state index in [2.05, 4.69) is 24.5 Å². The maximum Gasteiger partial charge on any atom is 0.251 e. The Morgan fingerprint density at radius 3 is 2.64 bits per heavy atom. The minimum Gasteiger partial charge on any atom is -0.368 e. The van der Waals surface area contributed by atoms with Crippen LogP contribution in [-0.2, 0) is 20.7 Å². The van der Waals surface area contributed by atoms with Crippen LogP contribution in [0.25, 0.3) is 0 Å². The van der Waals surface area contributed by atoms with Gasteiger partial charge in [-0.25, -0.2) is 0 Å². The van der Waals surface area contributed by atoms with E-state index in [1.165, 1.54) is 16.0 Å². The molecule has 2 saturated heterocycles. The molecule has 0 bridgehead atoms. The molecule has 3 rings (SSSR count). The third kappa shape index (κ3) is 4.42. The van der Waals surface area contributed by atoms with Crippen molar-refractivity contribution in [2.75, 3.05) is 26.2 Å². The number of rotatable bonds is 5. The van der Waals surface area contributed by atoms with Crippen LogP contribution in [-0.4, -0.2) is 49.1 Å². The molecule has 1 aromatic heterocycles. The number of ether oxygens (including phenoxy) is 1. The first kappa shape index (κ1) is 18.4. The van der Waals surface area contributed by atoms with Crippen molar-refractivity contribution in [3.8, 4) is 0 Å². The molecule has 2 amide bonds. The van der Waals surface area contributed by atoms with E-state index in [1.807, 2.05) is 4.90 Å². The Morgan fingerprint density at radius 2 is 2.04 bits per heavy atom. The summed E-state index contributed by atoms with van der Waals surface area (Å²) < 4.78 is 5.48. The van der Waals surface area contributed by atoms with E-state index in [-0.39, 0.29) is 23.8 Å². The number of amides is 2.